The van der Waals surface area contributed by atoms with Gasteiger partial charge in [0, 0.05) is 22.7 Å². The minimum absolute atomic E-state index is 0.0604. The minimum atomic E-state index is -4.76. The van der Waals surface area contributed by atoms with Gasteiger partial charge in [-0.2, -0.15) is 23.2 Å². The lowest BCUT2D eigenvalue weighted by molar-refractivity contribution is -0.173. The summed E-state index contributed by atoms with van der Waals surface area (Å²) in [5.74, 6) is -8.30. The van der Waals surface area contributed by atoms with Gasteiger partial charge in [-0.05, 0) is 48.6 Å². The Balaban J connectivity index is 1.45. The van der Waals surface area contributed by atoms with Crippen LogP contribution in [0.3, 0.4) is 0 Å². The Labute approximate surface area is 292 Å². The highest BCUT2D eigenvalue weighted by molar-refractivity contribution is 6.33. The number of allylic oxidation sites excluding steroid dienone is 2. The summed E-state index contributed by atoms with van der Waals surface area (Å²) in [4.78, 5) is 59.9. The molecule has 2 aliphatic carbocycles. The number of nitrogens with one attached hydrogen (secondary N) is 1. The number of imide groups is 2. The van der Waals surface area contributed by atoms with Crippen molar-refractivity contribution in [2.24, 2.45) is 23.7 Å². The zero-order chi connectivity index (χ0) is 35.7. The third-order valence-corrected chi connectivity index (χ3v) is 10.7. The number of fused-ring (bicyclic) bond motifs is 4. The van der Waals surface area contributed by atoms with Crippen molar-refractivity contribution in [2.45, 2.75) is 30.4 Å². The average Bonchev–Trinajstić information content (AvgIpc) is 3.44. The van der Waals surface area contributed by atoms with Gasteiger partial charge in [-0.15, -0.1) is 0 Å². The molecule has 3 heterocycles. The maximum atomic E-state index is 15.2. The number of carbonyl (C=O) groups excluding carboxylic acids is 4. The first kappa shape index (κ1) is 34.0. The minimum Gasteiger partial charge on any atom is -0.491 e. The largest absolute Gasteiger partial charge is 0.491 e. The molecule has 3 aromatic rings. The summed E-state index contributed by atoms with van der Waals surface area (Å²) in [6.07, 6.45) is -2.53. The summed E-state index contributed by atoms with van der Waals surface area (Å²) in [6, 6.07) is 13.6. The van der Waals surface area contributed by atoms with E-state index >= 15 is 4.79 Å². The van der Waals surface area contributed by atoms with Crippen LogP contribution in [0.5, 0.6) is 5.75 Å². The number of carbonyl (C=O) groups is 4. The maximum Gasteiger partial charge on any atom is 0.417 e. The van der Waals surface area contributed by atoms with Crippen molar-refractivity contribution < 1.29 is 47.4 Å². The van der Waals surface area contributed by atoms with Gasteiger partial charge < -0.3 is 9.84 Å². The fourth-order valence-corrected chi connectivity index (χ4v) is 8.45. The van der Waals surface area contributed by atoms with Crippen LogP contribution in [0.4, 0.5) is 19.0 Å². The molecule has 0 spiro atoms. The molecule has 1 aromatic heterocycles. The molecule has 1 saturated carbocycles. The summed E-state index contributed by atoms with van der Waals surface area (Å²) in [5.41, 5.74) is 1.01. The van der Waals surface area contributed by atoms with Gasteiger partial charge in [0.25, 0.3) is 23.6 Å². The normalized spacial score (nSPS) is 27.6. The average molecular weight is 732 g/mol. The van der Waals surface area contributed by atoms with Crippen molar-refractivity contribution in [2.75, 3.05) is 18.6 Å². The SMILES string of the molecule is O=C1[C@H]2[C@H](CC=C3[C@H]2C[C@H]2C(=O)N(Nc4ncc(C(F)(F)F)cc4Cl)C(=O)[C@@]2(c2ccc(Cl)cc2)[C@H]3c2ccccc2OCCO)C(=O)N1O. The van der Waals surface area contributed by atoms with Crippen LogP contribution in [0.1, 0.15) is 35.4 Å². The molecule has 0 unspecified atom stereocenters. The van der Waals surface area contributed by atoms with E-state index in [0.717, 1.165) is 0 Å². The van der Waals surface area contributed by atoms with Gasteiger partial charge in [0.15, 0.2) is 5.82 Å². The number of alkyl halides is 3. The number of nitrogens with zero attached hydrogens (tertiary/aromatic N) is 3. The van der Waals surface area contributed by atoms with Gasteiger partial charge in [0.2, 0.25) is 0 Å². The van der Waals surface area contributed by atoms with E-state index in [9.17, 15) is 37.9 Å². The third kappa shape index (κ3) is 5.07. The number of aliphatic hydroxyl groups is 1. The molecule has 4 aliphatic rings. The van der Waals surface area contributed by atoms with Crippen LogP contribution in [-0.4, -0.2) is 62.2 Å². The summed E-state index contributed by atoms with van der Waals surface area (Å²) in [6.45, 7) is -0.447. The number of para-hydroxylation sites is 1. The Bertz CT molecular complexity index is 1960. The van der Waals surface area contributed by atoms with E-state index in [-0.39, 0.29) is 36.9 Å². The first-order valence-electron chi connectivity index (χ1n) is 15.5. The molecule has 260 valence electrons. The quantitative estimate of drug-likeness (QED) is 0.170. The summed E-state index contributed by atoms with van der Waals surface area (Å²) in [5, 5.41) is 20.6. The number of hydrogen-bond donors (Lipinski definition) is 3. The number of halogens is 5. The fraction of sp³-hybridized carbons (Fsp3) is 0.324. The number of amides is 4. The van der Waals surface area contributed by atoms with E-state index in [0.29, 0.717) is 39.0 Å². The number of hydrogen-bond acceptors (Lipinski definition) is 9. The van der Waals surface area contributed by atoms with Crippen molar-refractivity contribution in [3.05, 3.63) is 99.2 Å². The highest BCUT2D eigenvalue weighted by atomic mass is 35.5. The van der Waals surface area contributed by atoms with Crippen molar-refractivity contribution in [1.82, 2.24) is 15.1 Å². The Morgan fingerprint density at radius 1 is 1.00 bits per heavy atom. The highest BCUT2D eigenvalue weighted by Gasteiger charge is 2.70. The fourth-order valence-electron chi connectivity index (χ4n) is 8.12. The second kappa shape index (κ2) is 12.4. The predicted molar refractivity (Wildman–Crippen MR) is 170 cm³/mol. The molecule has 2 aromatic carbocycles. The van der Waals surface area contributed by atoms with E-state index in [1.807, 2.05) is 0 Å². The summed E-state index contributed by atoms with van der Waals surface area (Å²) in [7, 11) is 0. The lowest BCUT2D eigenvalue weighted by Crippen LogP contribution is -2.53. The summed E-state index contributed by atoms with van der Waals surface area (Å²) >= 11 is 12.5. The molecule has 3 fully saturated rings. The topological polar surface area (TPSA) is 149 Å². The lowest BCUT2D eigenvalue weighted by atomic mass is 9.49. The Morgan fingerprint density at radius 2 is 1.72 bits per heavy atom. The number of anilines is 1. The van der Waals surface area contributed by atoms with Crippen LogP contribution < -0.4 is 10.2 Å². The lowest BCUT2D eigenvalue weighted by Gasteiger charge is -2.50. The van der Waals surface area contributed by atoms with Gasteiger partial charge in [0.05, 0.1) is 40.4 Å². The second-order valence-electron chi connectivity index (χ2n) is 12.5. The van der Waals surface area contributed by atoms with E-state index in [1.165, 1.54) is 0 Å². The maximum absolute atomic E-state index is 15.2. The molecule has 50 heavy (non-hydrogen) atoms. The first-order chi connectivity index (χ1) is 23.8. The molecule has 7 rings (SSSR count). The Morgan fingerprint density at radius 3 is 2.40 bits per heavy atom. The van der Waals surface area contributed by atoms with Crippen LogP contribution >= 0.6 is 23.2 Å². The molecule has 16 heteroatoms. The van der Waals surface area contributed by atoms with Gasteiger partial charge in [0.1, 0.15) is 12.4 Å². The van der Waals surface area contributed by atoms with Crippen molar-refractivity contribution >= 4 is 52.6 Å². The number of hydrazine groups is 1. The zero-order valence-electron chi connectivity index (χ0n) is 25.7. The number of pyridine rings is 1. The monoisotopic (exact) mass is 730 g/mol. The van der Waals surface area contributed by atoms with Crippen LogP contribution in [0.25, 0.3) is 0 Å². The van der Waals surface area contributed by atoms with Crippen LogP contribution in [-0.2, 0) is 30.8 Å². The van der Waals surface area contributed by atoms with Crippen molar-refractivity contribution in [3.63, 3.8) is 0 Å². The van der Waals surface area contributed by atoms with E-state index < -0.39 is 81.2 Å². The standard InChI is InChI=1S/C34H27Cl2F3N4O7/c35-18-7-5-16(6-8-18)33-23(30(46)42(32(33)48)41-28-24(36)13-17(15-40-28)34(37,38)39)14-22-19(9-10-21-26(22)31(47)43(49)29(21)45)27(33)20-3-1-2-4-25(20)50-12-11-44/h1-9,13,15,21-23,26-27,44,49H,10-12,14H2,(H,40,41)/t21-,22+,23-,26-,27+,33+/m0/s1. The van der Waals surface area contributed by atoms with Crippen LogP contribution in [0.2, 0.25) is 10.0 Å². The molecule has 4 amide bonds. The molecule has 0 radical (unpaired) electrons. The zero-order valence-corrected chi connectivity index (χ0v) is 27.2. The van der Waals surface area contributed by atoms with Gasteiger partial charge in [-0.3, -0.25) is 29.8 Å². The van der Waals surface area contributed by atoms with Gasteiger partial charge >= 0.3 is 6.18 Å². The van der Waals surface area contributed by atoms with E-state index in [2.05, 4.69) is 10.4 Å². The Kier molecular flexibility index (Phi) is 8.41. The van der Waals surface area contributed by atoms with Crippen LogP contribution in [0.15, 0.2) is 72.4 Å². The molecular formula is C34H27Cl2F3N4O7. The molecule has 0 bridgehead atoms. The number of aromatic nitrogens is 1. The molecule has 11 nitrogen and oxygen atoms in total. The third-order valence-electron chi connectivity index (χ3n) is 10.1. The number of benzene rings is 2. The molecule has 3 N–H and O–H groups in total. The van der Waals surface area contributed by atoms with Gasteiger partial charge in [-0.1, -0.05) is 65.2 Å². The van der Waals surface area contributed by atoms with Crippen LogP contribution in [0, 0.1) is 23.7 Å². The predicted octanol–water partition coefficient (Wildman–Crippen LogP) is 5.15. The number of aliphatic hydroxyl groups excluding tert-OH is 1. The highest BCUT2D eigenvalue weighted by Crippen LogP contribution is 2.65. The van der Waals surface area contributed by atoms with E-state index in [4.69, 9.17) is 27.9 Å². The smallest absolute Gasteiger partial charge is 0.417 e. The van der Waals surface area contributed by atoms with Gasteiger partial charge in [-0.25, -0.2) is 4.98 Å². The second-order valence-corrected chi connectivity index (χ2v) is 13.4. The molecule has 2 saturated heterocycles. The molecule has 6 atom stereocenters. The number of hydroxylamine groups is 2. The van der Waals surface area contributed by atoms with Crippen molar-refractivity contribution in [1.29, 1.82) is 0 Å². The first-order valence-corrected chi connectivity index (χ1v) is 16.3. The Hall–Kier alpha value is -4.50. The number of rotatable bonds is 7. The summed E-state index contributed by atoms with van der Waals surface area (Å²) < 4.78 is 46.1. The van der Waals surface area contributed by atoms with E-state index in [1.54, 1.807) is 54.6 Å². The molecule has 2 aliphatic heterocycles. The van der Waals surface area contributed by atoms with Crippen molar-refractivity contribution in [3.8, 4) is 5.75 Å². The number of ether oxygens (including phenoxy) is 1. The molecular weight excluding hydrogens is 704 g/mol.